The fourth-order valence-corrected chi connectivity index (χ4v) is 1.95. The zero-order chi connectivity index (χ0) is 12.6. The second kappa shape index (κ2) is 4.63. The van der Waals surface area contributed by atoms with Crippen molar-refractivity contribution >= 4 is 0 Å². The minimum atomic E-state index is -0.501. The van der Waals surface area contributed by atoms with Crippen LogP contribution in [0.15, 0.2) is 0 Å². The molecule has 16 heavy (non-hydrogen) atoms. The van der Waals surface area contributed by atoms with Gasteiger partial charge in [0, 0.05) is 6.61 Å². The van der Waals surface area contributed by atoms with Gasteiger partial charge in [0.1, 0.15) is 0 Å². The largest absolute Gasteiger partial charge is 0.330 e. The molecule has 0 spiro atoms. The van der Waals surface area contributed by atoms with Gasteiger partial charge >= 0.3 is 0 Å². The van der Waals surface area contributed by atoms with Crippen LogP contribution >= 0.6 is 0 Å². The number of rotatable bonds is 2. The maximum atomic E-state index is 5.86. The molecule has 0 aromatic rings. The molecule has 0 aromatic heterocycles. The SMILES string of the molecule is CCOC1O[C@@H](C(C)(C)C)[C@H](C(C)(C)C)O1. The van der Waals surface area contributed by atoms with Gasteiger partial charge in [-0.3, -0.25) is 0 Å². The predicted molar refractivity (Wildman–Crippen MR) is 64.1 cm³/mol. The molecule has 1 saturated heterocycles. The van der Waals surface area contributed by atoms with E-state index in [0.717, 1.165) is 0 Å². The first-order valence-electron chi connectivity index (χ1n) is 6.08. The van der Waals surface area contributed by atoms with E-state index in [1.54, 1.807) is 0 Å². The number of hydrogen-bond donors (Lipinski definition) is 0. The maximum Gasteiger partial charge on any atom is 0.272 e. The van der Waals surface area contributed by atoms with Gasteiger partial charge in [-0.05, 0) is 17.8 Å². The molecule has 1 aliphatic heterocycles. The van der Waals surface area contributed by atoms with E-state index in [4.69, 9.17) is 14.2 Å². The molecule has 0 unspecified atom stereocenters. The Morgan fingerprint density at radius 1 is 0.875 bits per heavy atom. The van der Waals surface area contributed by atoms with Crippen molar-refractivity contribution in [1.29, 1.82) is 0 Å². The second-order valence-electron chi connectivity index (χ2n) is 6.59. The lowest BCUT2D eigenvalue weighted by Gasteiger charge is -2.36. The van der Waals surface area contributed by atoms with Crippen molar-refractivity contribution in [3.8, 4) is 0 Å². The normalized spacial score (nSPS) is 28.7. The van der Waals surface area contributed by atoms with E-state index < -0.39 is 6.48 Å². The van der Waals surface area contributed by atoms with E-state index in [1.807, 2.05) is 6.92 Å². The first-order valence-corrected chi connectivity index (χ1v) is 6.08. The van der Waals surface area contributed by atoms with Gasteiger partial charge in [0.05, 0.1) is 12.2 Å². The van der Waals surface area contributed by atoms with Crippen molar-refractivity contribution in [2.45, 2.75) is 67.2 Å². The zero-order valence-corrected chi connectivity index (χ0v) is 11.7. The topological polar surface area (TPSA) is 27.7 Å². The summed E-state index contributed by atoms with van der Waals surface area (Å²) in [5.41, 5.74) is 0.119. The Morgan fingerprint density at radius 3 is 1.50 bits per heavy atom. The summed E-state index contributed by atoms with van der Waals surface area (Å²) >= 11 is 0. The summed E-state index contributed by atoms with van der Waals surface area (Å²) in [5, 5.41) is 0. The third kappa shape index (κ3) is 3.19. The Labute approximate surface area is 99.5 Å². The lowest BCUT2D eigenvalue weighted by atomic mass is 9.76. The molecule has 0 radical (unpaired) electrons. The standard InChI is InChI=1S/C13H26O3/c1-8-14-11-15-9(12(2,3)4)10(16-11)13(5,6)7/h9-11H,8H2,1-7H3/t9-,10-/m1/s1. The fraction of sp³-hybridized carbons (Fsp3) is 1.00. The van der Waals surface area contributed by atoms with Gasteiger partial charge in [-0.25, -0.2) is 0 Å². The van der Waals surface area contributed by atoms with E-state index in [-0.39, 0.29) is 23.0 Å². The zero-order valence-electron chi connectivity index (χ0n) is 11.7. The highest BCUT2D eigenvalue weighted by molar-refractivity contribution is 4.92. The first-order chi connectivity index (χ1) is 7.16. The van der Waals surface area contributed by atoms with E-state index in [0.29, 0.717) is 6.61 Å². The molecular formula is C13H26O3. The highest BCUT2D eigenvalue weighted by Crippen LogP contribution is 2.41. The Kier molecular flexibility index (Phi) is 4.04. The van der Waals surface area contributed by atoms with Crippen LogP contribution in [0.25, 0.3) is 0 Å². The van der Waals surface area contributed by atoms with Crippen LogP contribution in [0.4, 0.5) is 0 Å². The summed E-state index contributed by atoms with van der Waals surface area (Å²) in [5.74, 6) is 0. The van der Waals surface area contributed by atoms with Crippen LogP contribution in [0, 0.1) is 10.8 Å². The van der Waals surface area contributed by atoms with Crippen LogP contribution in [-0.2, 0) is 14.2 Å². The molecule has 96 valence electrons. The van der Waals surface area contributed by atoms with Crippen molar-refractivity contribution in [3.63, 3.8) is 0 Å². The van der Waals surface area contributed by atoms with Gasteiger partial charge in [-0.2, -0.15) is 0 Å². The van der Waals surface area contributed by atoms with Gasteiger partial charge in [0.2, 0.25) is 0 Å². The maximum absolute atomic E-state index is 5.86. The molecular weight excluding hydrogens is 204 g/mol. The van der Waals surface area contributed by atoms with Crippen molar-refractivity contribution in [3.05, 3.63) is 0 Å². The van der Waals surface area contributed by atoms with Crippen LogP contribution in [0.5, 0.6) is 0 Å². The second-order valence-corrected chi connectivity index (χ2v) is 6.59. The molecule has 1 aliphatic rings. The fourth-order valence-electron chi connectivity index (χ4n) is 1.95. The van der Waals surface area contributed by atoms with E-state index >= 15 is 0 Å². The Balaban J connectivity index is 2.80. The molecule has 3 nitrogen and oxygen atoms in total. The molecule has 1 fully saturated rings. The van der Waals surface area contributed by atoms with Crippen LogP contribution in [-0.4, -0.2) is 25.3 Å². The summed E-state index contributed by atoms with van der Waals surface area (Å²) in [4.78, 5) is 0. The number of ether oxygens (including phenoxy) is 3. The monoisotopic (exact) mass is 230 g/mol. The number of hydrogen-bond acceptors (Lipinski definition) is 3. The van der Waals surface area contributed by atoms with Crippen LogP contribution in [0.1, 0.15) is 48.5 Å². The predicted octanol–water partition coefficient (Wildman–Crippen LogP) is 3.18. The molecule has 3 heteroatoms. The van der Waals surface area contributed by atoms with Crippen molar-refractivity contribution in [2.75, 3.05) is 6.61 Å². The Morgan fingerprint density at radius 2 is 1.25 bits per heavy atom. The molecule has 0 aliphatic carbocycles. The van der Waals surface area contributed by atoms with Gasteiger partial charge in [-0.1, -0.05) is 41.5 Å². The molecule has 0 N–H and O–H groups in total. The molecule has 1 rings (SSSR count). The lowest BCUT2D eigenvalue weighted by molar-refractivity contribution is -0.247. The minimum Gasteiger partial charge on any atom is -0.330 e. The van der Waals surface area contributed by atoms with Gasteiger partial charge in [0.25, 0.3) is 6.48 Å². The lowest BCUT2D eigenvalue weighted by Crippen LogP contribution is -2.42. The van der Waals surface area contributed by atoms with E-state index in [2.05, 4.69) is 41.5 Å². The average molecular weight is 230 g/mol. The van der Waals surface area contributed by atoms with Crippen LogP contribution < -0.4 is 0 Å². The van der Waals surface area contributed by atoms with Crippen LogP contribution in [0.3, 0.4) is 0 Å². The van der Waals surface area contributed by atoms with Gasteiger partial charge in [0.15, 0.2) is 0 Å². The molecule has 0 bridgehead atoms. The minimum absolute atomic E-state index is 0.0593. The molecule has 0 amide bonds. The summed E-state index contributed by atoms with van der Waals surface area (Å²) < 4.78 is 17.1. The highest BCUT2D eigenvalue weighted by atomic mass is 16.9. The van der Waals surface area contributed by atoms with E-state index in [1.165, 1.54) is 0 Å². The van der Waals surface area contributed by atoms with Crippen molar-refractivity contribution in [2.24, 2.45) is 10.8 Å². The summed E-state index contributed by atoms with van der Waals surface area (Å²) in [6.07, 6.45) is 0.146. The van der Waals surface area contributed by atoms with Gasteiger partial charge in [-0.15, -0.1) is 0 Å². The third-order valence-electron chi connectivity index (χ3n) is 2.80. The van der Waals surface area contributed by atoms with E-state index in [9.17, 15) is 0 Å². The smallest absolute Gasteiger partial charge is 0.272 e. The average Bonchev–Trinajstić information content (AvgIpc) is 2.47. The Bertz CT molecular complexity index is 202. The highest BCUT2D eigenvalue weighted by Gasteiger charge is 2.48. The quantitative estimate of drug-likeness (QED) is 0.729. The first kappa shape index (κ1) is 13.9. The summed E-state index contributed by atoms with van der Waals surface area (Å²) in [7, 11) is 0. The van der Waals surface area contributed by atoms with Gasteiger partial charge < -0.3 is 14.2 Å². The third-order valence-corrected chi connectivity index (χ3v) is 2.80. The van der Waals surface area contributed by atoms with Crippen molar-refractivity contribution < 1.29 is 14.2 Å². The van der Waals surface area contributed by atoms with Crippen LogP contribution in [0.2, 0.25) is 0 Å². The molecule has 1 heterocycles. The van der Waals surface area contributed by atoms with Crippen molar-refractivity contribution in [1.82, 2.24) is 0 Å². The molecule has 0 saturated carbocycles. The molecule has 0 aromatic carbocycles. The Hall–Kier alpha value is -0.120. The summed E-state index contributed by atoms with van der Waals surface area (Å²) in [6.45, 7) is 15.1. The summed E-state index contributed by atoms with van der Waals surface area (Å²) in [6, 6.07) is 0. The molecule has 2 atom stereocenters.